The third kappa shape index (κ3) is 4.80. The maximum absolute atomic E-state index is 2.53. The van der Waals surface area contributed by atoms with E-state index in [9.17, 15) is 0 Å². The van der Waals surface area contributed by atoms with Crippen molar-refractivity contribution in [3.8, 4) is 0 Å². The lowest BCUT2D eigenvalue weighted by molar-refractivity contribution is -0.401. The maximum Gasteiger partial charge on any atom is 0.210 e. The molecular weight excluding hydrogens is 605 g/mol. The summed E-state index contributed by atoms with van der Waals surface area (Å²) in [6, 6.07) is 49.6. The van der Waals surface area contributed by atoms with Crippen molar-refractivity contribution in [3.05, 3.63) is 180 Å². The molecule has 2 nitrogen and oxygen atoms in total. The van der Waals surface area contributed by atoms with Crippen LogP contribution >= 0.6 is 0 Å². The predicted octanol–water partition coefficient (Wildman–Crippen LogP) is 11.2. The van der Waals surface area contributed by atoms with Gasteiger partial charge in [-0.15, -0.1) is 0 Å². The second kappa shape index (κ2) is 12.3. The first-order valence-electron chi connectivity index (χ1n) is 18.5. The highest BCUT2D eigenvalue weighted by molar-refractivity contribution is 6.09. The number of benzene rings is 6. The first-order valence-corrected chi connectivity index (χ1v) is 18.5. The minimum atomic E-state index is -0.258. The van der Waals surface area contributed by atoms with Crippen LogP contribution in [0.5, 0.6) is 0 Å². The van der Waals surface area contributed by atoms with Crippen molar-refractivity contribution in [2.75, 3.05) is 19.0 Å². The maximum atomic E-state index is 2.53. The van der Waals surface area contributed by atoms with Crippen LogP contribution in [-0.2, 0) is 23.7 Å². The molecule has 0 N–H and O–H groups in total. The summed E-state index contributed by atoms with van der Waals surface area (Å²) in [5.74, 6) is 0. The smallest absolute Gasteiger partial charge is 0.210 e. The van der Waals surface area contributed by atoms with Crippen LogP contribution in [0.4, 0.5) is 11.4 Å². The molecule has 9 rings (SSSR count). The molecule has 246 valence electrons. The molecule has 1 spiro atoms. The molecule has 0 radical (unpaired) electrons. The zero-order valence-electron chi connectivity index (χ0n) is 29.3. The predicted molar refractivity (Wildman–Crippen MR) is 211 cm³/mol. The number of anilines is 1. The Bertz CT molecular complexity index is 2280. The molecule has 1 aliphatic carbocycles. The lowest BCUT2D eigenvalue weighted by Crippen LogP contribution is -2.39. The largest absolute Gasteiger partial charge is 0.347 e. The van der Waals surface area contributed by atoms with Gasteiger partial charge in [-0.1, -0.05) is 147 Å². The summed E-state index contributed by atoms with van der Waals surface area (Å²) in [4.78, 5) is 2.53. The van der Waals surface area contributed by atoms with Gasteiger partial charge in [0.15, 0.2) is 5.71 Å². The summed E-state index contributed by atoms with van der Waals surface area (Å²) in [5.41, 5.74) is 11.0. The lowest BCUT2D eigenvalue weighted by atomic mass is 9.67. The highest BCUT2D eigenvalue weighted by Gasteiger charge is 2.51. The van der Waals surface area contributed by atoms with Gasteiger partial charge in [0.1, 0.15) is 7.05 Å². The first kappa shape index (κ1) is 30.8. The molecule has 0 aromatic heterocycles. The molecule has 6 aromatic carbocycles. The number of hydrogen-bond donors (Lipinski definition) is 0. The Labute approximate surface area is 296 Å². The lowest BCUT2D eigenvalue weighted by Gasteiger charge is -2.36. The van der Waals surface area contributed by atoms with Crippen molar-refractivity contribution in [2.24, 2.45) is 0 Å². The molecule has 2 aliphatic heterocycles. The molecule has 0 amide bonds. The van der Waals surface area contributed by atoms with Crippen molar-refractivity contribution in [2.45, 2.75) is 55.8 Å². The molecule has 0 atom stereocenters. The average molecular weight is 650 g/mol. The van der Waals surface area contributed by atoms with Gasteiger partial charge in [-0.2, -0.15) is 4.58 Å². The SMILES string of the molecule is CN1/C(=C/C=C/C2=[N+](C)c3ccc4ccccc4c3C2(Cc2ccccc2)Cc2ccccc2)C2(CCCCC2)c2ccc3ccccc3c21. The number of hydrogen-bond acceptors (Lipinski definition) is 1. The molecular formula is C48H45N2+. The quantitative estimate of drug-likeness (QED) is 0.163. The highest BCUT2D eigenvalue weighted by Crippen LogP contribution is 2.56. The van der Waals surface area contributed by atoms with Gasteiger partial charge in [0.25, 0.3) is 0 Å². The summed E-state index contributed by atoms with van der Waals surface area (Å²) in [6.07, 6.45) is 15.5. The Kier molecular flexibility index (Phi) is 7.57. The van der Waals surface area contributed by atoms with Gasteiger partial charge in [0.2, 0.25) is 5.69 Å². The Hall–Kier alpha value is -5.21. The van der Waals surface area contributed by atoms with E-state index in [-0.39, 0.29) is 10.8 Å². The van der Waals surface area contributed by atoms with Crippen LogP contribution in [0, 0.1) is 0 Å². The third-order valence-electron chi connectivity index (χ3n) is 12.1. The normalized spacial score (nSPS) is 18.5. The van der Waals surface area contributed by atoms with Gasteiger partial charge in [0.05, 0.1) is 11.1 Å². The number of nitrogens with zero attached hydrogens (tertiary/aromatic N) is 2. The van der Waals surface area contributed by atoms with Gasteiger partial charge < -0.3 is 4.90 Å². The molecule has 1 saturated carbocycles. The molecule has 0 unspecified atom stereocenters. The van der Waals surface area contributed by atoms with Crippen LogP contribution in [0.2, 0.25) is 0 Å². The van der Waals surface area contributed by atoms with E-state index in [1.54, 1.807) is 0 Å². The van der Waals surface area contributed by atoms with E-state index in [0.29, 0.717) is 0 Å². The van der Waals surface area contributed by atoms with E-state index < -0.39 is 0 Å². The number of rotatable bonds is 6. The van der Waals surface area contributed by atoms with Crippen molar-refractivity contribution in [1.29, 1.82) is 0 Å². The van der Waals surface area contributed by atoms with Crippen molar-refractivity contribution in [1.82, 2.24) is 0 Å². The van der Waals surface area contributed by atoms with E-state index >= 15 is 0 Å². The standard InChI is InChI=1S/C48H45N2/c1-49-42-30-28-37-21-10-12-23-39(37)45(42)48(33-35-17-6-3-7-18-35,34-36-19-8-4-9-20-36)44(49)26-16-25-43-47(31-14-5-15-32-47)41-29-27-38-22-11-13-24-40(38)46(41)50(43)2/h3-4,6-13,16-30H,5,14-15,31-34H2,1-2H3/q+1. The molecule has 0 bridgehead atoms. The van der Waals surface area contributed by atoms with Crippen LogP contribution in [-0.4, -0.2) is 24.4 Å². The van der Waals surface area contributed by atoms with Crippen LogP contribution in [0.3, 0.4) is 0 Å². The Balaban J connectivity index is 1.23. The van der Waals surface area contributed by atoms with Crippen molar-refractivity contribution >= 4 is 38.6 Å². The van der Waals surface area contributed by atoms with Crippen LogP contribution in [0.15, 0.2) is 157 Å². The zero-order valence-corrected chi connectivity index (χ0v) is 29.3. The fourth-order valence-corrected chi connectivity index (χ4v) is 9.97. The molecule has 50 heavy (non-hydrogen) atoms. The summed E-state index contributed by atoms with van der Waals surface area (Å²) in [5, 5.41) is 5.33. The number of likely N-dealkylation sites (N-methyl/N-ethyl adjacent to an activating group) is 1. The van der Waals surface area contributed by atoms with E-state index in [4.69, 9.17) is 0 Å². The monoisotopic (exact) mass is 649 g/mol. The molecule has 0 saturated heterocycles. The number of fused-ring (bicyclic) bond motifs is 7. The Morgan fingerprint density at radius 1 is 0.640 bits per heavy atom. The second-order valence-electron chi connectivity index (χ2n) is 14.8. The topological polar surface area (TPSA) is 6.25 Å². The summed E-state index contributed by atoms with van der Waals surface area (Å²) in [7, 11) is 4.59. The van der Waals surface area contributed by atoms with Gasteiger partial charge in [-0.25, -0.2) is 0 Å². The van der Waals surface area contributed by atoms with Gasteiger partial charge in [-0.05, 0) is 70.7 Å². The molecule has 6 aromatic rings. The van der Waals surface area contributed by atoms with Crippen LogP contribution in [0.25, 0.3) is 21.5 Å². The van der Waals surface area contributed by atoms with Gasteiger partial charge >= 0.3 is 0 Å². The van der Waals surface area contributed by atoms with Crippen molar-refractivity contribution in [3.63, 3.8) is 0 Å². The van der Waals surface area contributed by atoms with Gasteiger partial charge in [-0.3, -0.25) is 0 Å². The van der Waals surface area contributed by atoms with E-state index in [2.05, 4.69) is 175 Å². The second-order valence-corrected chi connectivity index (χ2v) is 14.8. The minimum Gasteiger partial charge on any atom is -0.347 e. The summed E-state index contributed by atoms with van der Waals surface area (Å²) < 4.78 is 2.49. The van der Waals surface area contributed by atoms with E-state index in [1.807, 2.05) is 0 Å². The first-order chi connectivity index (χ1) is 24.6. The van der Waals surface area contributed by atoms with E-state index in [1.165, 1.54) is 98.7 Å². The fraction of sp³-hybridized carbons (Fsp3) is 0.229. The Morgan fingerprint density at radius 2 is 1.22 bits per heavy atom. The minimum absolute atomic E-state index is 0.0628. The van der Waals surface area contributed by atoms with E-state index in [0.717, 1.165) is 12.8 Å². The van der Waals surface area contributed by atoms with Crippen molar-refractivity contribution < 1.29 is 4.58 Å². The van der Waals surface area contributed by atoms with Crippen LogP contribution < -0.4 is 4.90 Å². The molecule has 3 aliphatic rings. The molecule has 1 fully saturated rings. The molecule has 2 heterocycles. The summed E-state index contributed by atoms with van der Waals surface area (Å²) in [6.45, 7) is 0. The Morgan fingerprint density at radius 3 is 1.90 bits per heavy atom. The average Bonchev–Trinajstić information content (AvgIpc) is 3.53. The fourth-order valence-electron chi connectivity index (χ4n) is 9.97. The zero-order chi connectivity index (χ0) is 33.7. The summed E-state index contributed by atoms with van der Waals surface area (Å²) >= 11 is 0. The highest BCUT2D eigenvalue weighted by atomic mass is 15.2. The molecule has 2 heteroatoms. The van der Waals surface area contributed by atoms with Gasteiger partial charge in [0, 0.05) is 41.3 Å². The van der Waals surface area contributed by atoms with Crippen LogP contribution in [0.1, 0.15) is 54.4 Å². The number of allylic oxidation sites excluding steroid dienone is 4. The third-order valence-corrected chi connectivity index (χ3v) is 12.1.